The second-order valence-electron chi connectivity index (χ2n) is 22.2. The first kappa shape index (κ1) is 49.2. The third-order valence-electron chi connectivity index (χ3n) is 20.1. The van der Waals surface area contributed by atoms with Gasteiger partial charge in [-0.1, -0.05) is 81.9 Å². The van der Waals surface area contributed by atoms with E-state index in [4.69, 9.17) is 0 Å². The van der Waals surface area contributed by atoms with Crippen molar-refractivity contribution in [3.8, 4) is 22.3 Å². The molecule has 0 heterocycles. The largest absolute Gasteiger partial charge is 0.140 e. The highest BCUT2D eigenvalue weighted by Crippen LogP contribution is 2.41. The van der Waals surface area contributed by atoms with Crippen LogP contribution in [0.1, 0.15) is 0 Å². The summed E-state index contributed by atoms with van der Waals surface area (Å²) in [6, 6.07) is 0. The van der Waals surface area contributed by atoms with Crippen molar-refractivity contribution in [1.82, 2.24) is 0 Å². The molecule has 0 spiro atoms. The summed E-state index contributed by atoms with van der Waals surface area (Å²) in [6.07, 6.45) is 0. The third-order valence-corrected chi connectivity index (χ3v) is 20.1. The van der Waals surface area contributed by atoms with E-state index in [2.05, 4.69) is 204 Å². The van der Waals surface area contributed by atoms with E-state index in [-0.39, 0.29) is 0 Å². The van der Waals surface area contributed by atoms with Crippen molar-refractivity contribution < 1.29 is 0 Å². The molecule has 0 saturated heterocycles. The summed E-state index contributed by atoms with van der Waals surface area (Å²) in [5.41, 5.74) is 42.3. The van der Waals surface area contributed by atoms with Crippen molar-refractivity contribution in [2.75, 3.05) is 0 Å². The molecule has 0 fully saturated rings. The molecule has 0 atom stereocenters. The number of benzene rings is 9. The molecule has 9 aromatic rings. The Kier molecular flexibility index (Phi) is 11.9. The highest BCUT2D eigenvalue weighted by atomic mass is 14.3. The summed E-state index contributed by atoms with van der Waals surface area (Å²) in [5.74, 6) is 0. The van der Waals surface area contributed by atoms with Gasteiger partial charge in [-0.3, -0.25) is 0 Å². The second-order valence-corrected chi connectivity index (χ2v) is 22.2. The maximum atomic E-state index is 2.50. The Labute approximate surface area is 430 Å². The van der Waals surface area contributed by atoms with E-state index in [1.165, 1.54) is 229 Å². The fourth-order valence-corrected chi connectivity index (χ4v) is 13.9. The van der Waals surface area contributed by atoms with Gasteiger partial charge in [0, 0.05) is 0 Å². The van der Waals surface area contributed by atoms with Crippen LogP contribution in [0.5, 0.6) is 0 Å². The fraction of sp³-hybridized carbons (Fsp3) is 0. The molecule has 0 aliphatic heterocycles. The van der Waals surface area contributed by atoms with E-state index < -0.39 is 0 Å². The van der Waals surface area contributed by atoms with E-state index in [0.29, 0.717) is 0 Å². The zero-order chi connectivity index (χ0) is 50.2. The van der Waals surface area contributed by atoms with Crippen molar-refractivity contribution >= 4 is 411 Å². The molecular formula is C42H52B26. The molecule has 0 N–H and O–H groups in total. The van der Waals surface area contributed by atoms with Gasteiger partial charge in [-0.2, -0.15) is 0 Å². The van der Waals surface area contributed by atoms with Gasteiger partial charge in [0.1, 0.15) is 204 Å². The Hall–Kier alpha value is -3.77. The van der Waals surface area contributed by atoms with Gasteiger partial charge in [-0.25, -0.2) is 0 Å². The van der Waals surface area contributed by atoms with Crippen LogP contribution >= 0.6 is 0 Å². The van der Waals surface area contributed by atoms with Crippen LogP contribution in [0.25, 0.3) is 86.9 Å². The topological polar surface area (TPSA) is 0 Å². The van der Waals surface area contributed by atoms with Crippen LogP contribution in [0, 0.1) is 0 Å². The number of hydrogen-bond acceptors (Lipinski definition) is 0. The molecule has 68 heavy (non-hydrogen) atoms. The summed E-state index contributed by atoms with van der Waals surface area (Å²) in [6.45, 7) is 0. The fourth-order valence-electron chi connectivity index (χ4n) is 13.9. The van der Waals surface area contributed by atoms with E-state index in [1.807, 2.05) is 0 Å². The van der Waals surface area contributed by atoms with Crippen molar-refractivity contribution in [2.24, 2.45) is 0 Å². The summed E-state index contributed by atoms with van der Waals surface area (Å²) < 4.78 is 0. The van der Waals surface area contributed by atoms with Crippen LogP contribution in [0.4, 0.5) is 0 Å². The zero-order valence-electron chi connectivity index (χ0n) is 47.0. The van der Waals surface area contributed by atoms with Gasteiger partial charge in [-0.05, 0) is 86.9 Å². The Morgan fingerprint density at radius 1 is 0.0882 bits per heavy atom. The quantitative estimate of drug-likeness (QED) is 0.0924. The number of rotatable bonds is 2. The van der Waals surface area contributed by atoms with Crippen LogP contribution in [-0.4, -0.2) is 204 Å². The second kappa shape index (κ2) is 16.4. The number of hydrogen-bond donors (Lipinski definition) is 0. The van der Waals surface area contributed by atoms with Crippen molar-refractivity contribution in [2.45, 2.75) is 0 Å². The summed E-state index contributed by atoms with van der Waals surface area (Å²) in [5, 5.41) is 17.3. The molecule has 0 nitrogen and oxygen atoms in total. The van der Waals surface area contributed by atoms with Crippen molar-refractivity contribution in [3.05, 3.63) is 0 Å². The molecule has 0 aromatic heterocycles. The van der Waals surface area contributed by atoms with E-state index in [0.717, 1.165) is 0 Å². The lowest BCUT2D eigenvalue weighted by molar-refractivity contribution is 1.86. The van der Waals surface area contributed by atoms with E-state index >= 15 is 0 Å². The monoisotopic (exact) mass is 843 g/mol. The standard InChI is InChI=1S/C42H52B26/c43-17-8-9(11-13(27(53)40(66)38(64)25(11)51)12-10(8)24(50)37(63)39(65)26(12)52)18(44)29(55)15(17)2-6-3(20(46)33(59)35(61)22(6)48)1(4-7(2)23(49)36(62)34(60)21(4)47)5-14-16(30(56)32(58)19(5)45)31(57)42(68)41(67)28(14)54/h43-68H2. The van der Waals surface area contributed by atoms with Gasteiger partial charge >= 0.3 is 0 Å². The maximum absolute atomic E-state index is 2.50. The summed E-state index contributed by atoms with van der Waals surface area (Å²) in [4.78, 5) is 0. The average molecular weight is 838 g/mol. The molecule has 0 aliphatic rings. The molecule has 0 unspecified atom stereocenters. The molecule has 9 rings (SSSR count). The third kappa shape index (κ3) is 6.06. The first-order valence-electron chi connectivity index (χ1n) is 25.5. The SMILES string of the molecule is Bc1c(B)c(B)c2c(-c3c4c(B)c(B)c(B)c(B)c4c(-c4c(B)c(B)c5c6c(B)c(B)c(B)c(B)c6c6c(B)c(B)c(B)c(B)c6c5c4B)c4c(B)c(B)c(B)c(B)c34)c(B)c(B)c(B)c2c1B. The zero-order valence-corrected chi connectivity index (χ0v) is 47.0. The highest BCUT2D eigenvalue weighted by Gasteiger charge is 2.31. The van der Waals surface area contributed by atoms with Gasteiger partial charge in [-0.15, -0.1) is 60.1 Å². The van der Waals surface area contributed by atoms with Gasteiger partial charge in [0.25, 0.3) is 0 Å². The van der Waals surface area contributed by atoms with Crippen LogP contribution < -0.4 is 142 Å². The predicted octanol–water partition coefficient (Wildman–Crippen LogP) is -33.3. The molecule has 0 amide bonds. The maximum Gasteiger partial charge on any atom is 0.140 e. The Morgan fingerprint density at radius 3 is 0.500 bits per heavy atom. The molecule has 298 valence electrons. The Bertz CT molecular complexity index is 3840. The molecule has 0 saturated carbocycles. The van der Waals surface area contributed by atoms with Gasteiger partial charge in [0.05, 0.1) is 0 Å². The highest BCUT2D eigenvalue weighted by molar-refractivity contribution is 6.79. The van der Waals surface area contributed by atoms with E-state index in [1.54, 1.807) is 0 Å². The lowest BCUT2D eigenvalue weighted by atomic mass is 9.55. The van der Waals surface area contributed by atoms with Crippen LogP contribution in [-0.2, 0) is 0 Å². The normalized spacial score (nSPS) is 11.9. The van der Waals surface area contributed by atoms with Gasteiger partial charge in [0.2, 0.25) is 0 Å². The molecule has 9 aromatic carbocycles. The minimum absolute atomic E-state index is 1.40. The Balaban J connectivity index is 1.71. The first-order valence-corrected chi connectivity index (χ1v) is 25.5. The smallest absolute Gasteiger partial charge is 0.101 e. The minimum atomic E-state index is 1.40. The average Bonchev–Trinajstić information content (AvgIpc) is 3.31. The van der Waals surface area contributed by atoms with Crippen LogP contribution in [0.2, 0.25) is 0 Å². The molecule has 26 heteroatoms. The lowest BCUT2D eigenvalue weighted by Crippen LogP contribution is -2.53. The Morgan fingerprint density at radius 2 is 0.235 bits per heavy atom. The molecule has 0 bridgehead atoms. The number of fused-ring (bicyclic) bond motifs is 9. The van der Waals surface area contributed by atoms with Crippen molar-refractivity contribution in [3.63, 3.8) is 0 Å². The predicted molar refractivity (Wildman–Crippen MR) is 395 cm³/mol. The van der Waals surface area contributed by atoms with Crippen LogP contribution in [0.3, 0.4) is 0 Å². The minimum Gasteiger partial charge on any atom is -0.101 e. The first-order chi connectivity index (χ1) is 31.7. The van der Waals surface area contributed by atoms with Crippen molar-refractivity contribution in [1.29, 1.82) is 0 Å². The van der Waals surface area contributed by atoms with Gasteiger partial charge < -0.3 is 0 Å². The lowest BCUT2D eigenvalue weighted by Gasteiger charge is -2.33. The van der Waals surface area contributed by atoms with Gasteiger partial charge in [0.15, 0.2) is 0 Å². The molecule has 0 radical (unpaired) electrons. The summed E-state index contributed by atoms with van der Waals surface area (Å²) >= 11 is 0. The summed E-state index contributed by atoms with van der Waals surface area (Å²) in [7, 11) is 62.4. The van der Waals surface area contributed by atoms with Crippen LogP contribution in [0.15, 0.2) is 0 Å². The van der Waals surface area contributed by atoms with E-state index in [9.17, 15) is 0 Å². The molecular weight excluding hydrogens is 786 g/mol. The molecule has 0 aliphatic carbocycles.